The van der Waals surface area contributed by atoms with E-state index < -0.39 is 0 Å². The lowest BCUT2D eigenvalue weighted by atomic mass is 10.1. The standard InChI is InChI=1S/C23H24N2O4S/c1-15-21(30-22(24-15)17-9-10-18(27-2)19(13-17)28-3)23(26)25-11-12-29-20(14-25)16-7-5-4-6-8-16/h4-10,13,20H,11-12,14H2,1-3H3. The van der Waals surface area contributed by atoms with Gasteiger partial charge in [-0.25, -0.2) is 4.98 Å². The van der Waals surface area contributed by atoms with E-state index in [1.807, 2.05) is 60.4 Å². The van der Waals surface area contributed by atoms with E-state index in [0.29, 0.717) is 36.1 Å². The summed E-state index contributed by atoms with van der Waals surface area (Å²) in [5, 5.41) is 0.782. The monoisotopic (exact) mass is 424 g/mol. The molecule has 1 unspecified atom stereocenters. The molecule has 0 N–H and O–H groups in total. The number of hydrogen-bond donors (Lipinski definition) is 0. The highest BCUT2D eigenvalue weighted by atomic mass is 32.1. The van der Waals surface area contributed by atoms with Gasteiger partial charge in [-0.15, -0.1) is 11.3 Å². The summed E-state index contributed by atoms with van der Waals surface area (Å²) >= 11 is 1.40. The minimum Gasteiger partial charge on any atom is -0.493 e. The maximum Gasteiger partial charge on any atom is 0.266 e. The number of carbonyl (C=O) groups is 1. The van der Waals surface area contributed by atoms with Crippen molar-refractivity contribution in [3.8, 4) is 22.1 Å². The number of methoxy groups -OCH3 is 2. The number of carbonyl (C=O) groups excluding carboxylic acids is 1. The predicted octanol–water partition coefficient (Wildman–Crippen LogP) is 4.35. The minimum absolute atomic E-state index is 0.000887. The third-order valence-electron chi connectivity index (χ3n) is 5.15. The Bertz CT molecular complexity index is 1030. The van der Waals surface area contributed by atoms with Crippen molar-refractivity contribution in [2.45, 2.75) is 13.0 Å². The van der Waals surface area contributed by atoms with Gasteiger partial charge in [0.05, 0.1) is 33.1 Å². The van der Waals surface area contributed by atoms with Crippen LogP contribution in [0.1, 0.15) is 27.0 Å². The van der Waals surface area contributed by atoms with Gasteiger partial charge < -0.3 is 19.1 Å². The van der Waals surface area contributed by atoms with Gasteiger partial charge in [-0.05, 0) is 30.7 Å². The summed E-state index contributed by atoms with van der Waals surface area (Å²) < 4.78 is 16.6. The first kappa shape index (κ1) is 20.4. The zero-order valence-electron chi connectivity index (χ0n) is 17.3. The number of amides is 1. The second-order valence-electron chi connectivity index (χ2n) is 7.02. The summed E-state index contributed by atoms with van der Waals surface area (Å²) in [6.45, 7) is 3.51. The molecule has 3 aromatic rings. The maximum atomic E-state index is 13.3. The number of ether oxygens (including phenoxy) is 3. The molecule has 0 spiro atoms. The molecule has 0 radical (unpaired) electrons. The van der Waals surface area contributed by atoms with Crippen molar-refractivity contribution in [1.29, 1.82) is 0 Å². The molecule has 156 valence electrons. The summed E-state index contributed by atoms with van der Waals surface area (Å²) in [5.74, 6) is 1.29. The van der Waals surface area contributed by atoms with E-state index in [2.05, 4.69) is 4.98 Å². The van der Waals surface area contributed by atoms with Gasteiger partial charge in [0.1, 0.15) is 16.0 Å². The average Bonchev–Trinajstić information content (AvgIpc) is 3.20. The Labute approximate surface area is 180 Å². The Hall–Kier alpha value is -2.90. The van der Waals surface area contributed by atoms with Gasteiger partial charge in [-0.1, -0.05) is 30.3 Å². The second kappa shape index (κ2) is 8.85. The number of rotatable bonds is 5. The van der Waals surface area contributed by atoms with Gasteiger partial charge in [0.15, 0.2) is 11.5 Å². The zero-order valence-corrected chi connectivity index (χ0v) is 18.1. The normalized spacial score (nSPS) is 16.4. The molecule has 1 saturated heterocycles. The first-order chi connectivity index (χ1) is 14.6. The van der Waals surface area contributed by atoms with Crippen LogP contribution in [0.25, 0.3) is 10.6 Å². The van der Waals surface area contributed by atoms with E-state index in [-0.39, 0.29) is 12.0 Å². The Morgan fingerprint density at radius 2 is 1.90 bits per heavy atom. The van der Waals surface area contributed by atoms with Crippen molar-refractivity contribution in [1.82, 2.24) is 9.88 Å². The number of aromatic nitrogens is 1. The fourth-order valence-corrected chi connectivity index (χ4v) is 4.56. The molecule has 6 nitrogen and oxygen atoms in total. The average molecular weight is 425 g/mol. The summed E-state index contributed by atoms with van der Waals surface area (Å²) in [5.41, 5.74) is 2.71. The molecule has 1 atom stereocenters. The number of aryl methyl sites for hydroxylation is 1. The molecule has 1 aromatic heterocycles. The van der Waals surface area contributed by atoms with Crippen LogP contribution in [-0.2, 0) is 4.74 Å². The number of thiazole rings is 1. The first-order valence-electron chi connectivity index (χ1n) is 9.76. The van der Waals surface area contributed by atoms with Crippen molar-refractivity contribution in [2.24, 2.45) is 0 Å². The lowest BCUT2D eigenvalue weighted by molar-refractivity contribution is -0.0226. The molecular formula is C23H24N2O4S. The third-order valence-corrected chi connectivity index (χ3v) is 6.34. The van der Waals surface area contributed by atoms with Crippen molar-refractivity contribution in [3.63, 3.8) is 0 Å². The van der Waals surface area contributed by atoms with Gasteiger partial charge >= 0.3 is 0 Å². The topological polar surface area (TPSA) is 60.9 Å². The summed E-state index contributed by atoms with van der Waals surface area (Å²) in [6, 6.07) is 15.7. The molecule has 0 saturated carbocycles. The lowest BCUT2D eigenvalue weighted by Gasteiger charge is -2.33. The molecule has 7 heteroatoms. The molecular weight excluding hydrogens is 400 g/mol. The van der Waals surface area contributed by atoms with Crippen LogP contribution in [0.15, 0.2) is 48.5 Å². The maximum absolute atomic E-state index is 13.3. The van der Waals surface area contributed by atoms with Gasteiger partial charge in [-0.2, -0.15) is 0 Å². The third kappa shape index (κ3) is 4.04. The van der Waals surface area contributed by atoms with Gasteiger partial charge in [-0.3, -0.25) is 4.79 Å². The quantitative estimate of drug-likeness (QED) is 0.609. The molecule has 0 aliphatic carbocycles. The molecule has 1 aliphatic heterocycles. The molecule has 1 fully saturated rings. The fraction of sp³-hybridized carbons (Fsp3) is 0.304. The molecule has 1 amide bonds. The highest BCUT2D eigenvalue weighted by Crippen LogP contribution is 2.35. The van der Waals surface area contributed by atoms with E-state index >= 15 is 0 Å². The van der Waals surface area contributed by atoms with Crippen LogP contribution in [0.4, 0.5) is 0 Å². The van der Waals surface area contributed by atoms with Crippen molar-refractivity contribution < 1.29 is 19.0 Å². The number of hydrogen-bond acceptors (Lipinski definition) is 6. The molecule has 2 aromatic carbocycles. The summed E-state index contributed by atoms with van der Waals surface area (Å²) in [7, 11) is 3.21. The number of morpholine rings is 1. The number of benzene rings is 2. The van der Waals surface area contributed by atoms with Crippen molar-refractivity contribution >= 4 is 17.2 Å². The minimum atomic E-state index is -0.109. The Kier molecular flexibility index (Phi) is 6.01. The van der Waals surface area contributed by atoms with Gasteiger partial charge in [0, 0.05) is 12.1 Å². The fourth-order valence-electron chi connectivity index (χ4n) is 3.53. The van der Waals surface area contributed by atoms with E-state index in [1.54, 1.807) is 14.2 Å². The largest absolute Gasteiger partial charge is 0.493 e. The van der Waals surface area contributed by atoms with E-state index in [4.69, 9.17) is 14.2 Å². The van der Waals surface area contributed by atoms with Crippen LogP contribution in [0, 0.1) is 6.92 Å². The van der Waals surface area contributed by atoms with Crippen molar-refractivity contribution in [3.05, 3.63) is 64.7 Å². The van der Waals surface area contributed by atoms with E-state index in [1.165, 1.54) is 11.3 Å². The summed E-state index contributed by atoms with van der Waals surface area (Å²) in [6.07, 6.45) is -0.109. The Morgan fingerprint density at radius 1 is 1.13 bits per heavy atom. The highest BCUT2D eigenvalue weighted by Gasteiger charge is 2.28. The van der Waals surface area contributed by atoms with Crippen LogP contribution in [0.2, 0.25) is 0 Å². The van der Waals surface area contributed by atoms with Crippen LogP contribution >= 0.6 is 11.3 Å². The van der Waals surface area contributed by atoms with Crippen LogP contribution in [0.5, 0.6) is 11.5 Å². The predicted molar refractivity (Wildman–Crippen MR) is 116 cm³/mol. The highest BCUT2D eigenvalue weighted by molar-refractivity contribution is 7.17. The Morgan fingerprint density at radius 3 is 2.63 bits per heavy atom. The van der Waals surface area contributed by atoms with Crippen LogP contribution in [0.3, 0.4) is 0 Å². The Balaban J connectivity index is 1.56. The molecule has 30 heavy (non-hydrogen) atoms. The summed E-state index contributed by atoms with van der Waals surface area (Å²) in [4.78, 5) is 20.4. The van der Waals surface area contributed by atoms with Gasteiger partial charge in [0.25, 0.3) is 5.91 Å². The molecule has 1 aliphatic rings. The SMILES string of the molecule is COc1ccc(-c2nc(C)c(C(=O)N3CCOC(c4ccccc4)C3)s2)cc1OC. The number of nitrogens with zero attached hydrogens (tertiary/aromatic N) is 2. The zero-order chi connectivity index (χ0) is 21.1. The second-order valence-corrected chi connectivity index (χ2v) is 8.02. The van der Waals surface area contributed by atoms with E-state index in [0.717, 1.165) is 21.8 Å². The molecule has 4 rings (SSSR count). The van der Waals surface area contributed by atoms with Crippen LogP contribution in [-0.4, -0.2) is 49.7 Å². The van der Waals surface area contributed by atoms with E-state index in [9.17, 15) is 4.79 Å². The smallest absolute Gasteiger partial charge is 0.266 e. The first-order valence-corrected chi connectivity index (χ1v) is 10.6. The van der Waals surface area contributed by atoms with Gasteiger partial charge in [0.2, 0.25) is 0 Å². The van der Waals surface area contributed by atoms with Crippen molar-refractivity contribution in [2.75, 3.05) is 33.9 Å². The molecule has 2 heterocycles. The lowest BCUT2D eigenvalue weighted by Crippen LogP contribution is -2.42. The molecule has 0 bridgehead atoms. The van der Waals surface area contributed by atoms with Crippen LogP contribution < -0.4 is 9.47 Å².